The van der Waals surface area contributed by atoms with Crippen LogP contribution >= 0.6 is 0 Å². The van der Waals surface area contributed by atoms with Gasteiger partial charge in [0.05, 0.1) is 28.8 Å². The van der Waals surface area contributed by atoms with Crippen molar-refractivity contribution in [2.24, 2.45) is 14.1 Å². The van der Waals surface area contributed by atoms with Gasteiger partial charge in [-0.1, -0.05) is 43.9 Å². The van der Waals surface area contributed by atoms with Gasteiger partial charge in [0.1, 0.15) is 11.4 Å². The molecule has 56 heavy (non-hydrogen) atoms. The fourth-order valence-electron chi connectivity index (χ4n) is 6.77. The van der Waals surface area contributed by atoms with Gasteiger partial charge in [-0.3, -0.25) is 38.8 Å². The van der Waals surface area contributed by atoms with Gasteiger partial charge in [-0.25, -0.2) is 4.79 Å². The Morgan fingerprint density at radius 3 is 2.50 bits per heavy atom. The number of nitrogens with zero attached hydrogens (tertiary/aromatic N) is 4. The third kappa shape index (κ3) is 7.35. The first kappa shape index (κ1) is 37.6. The quantitative estimate of drug-likeness (QED) is 0.145. The summed E-state index contributed by atoms with van der Waals surface area (Å²) in [6.45, 7) is 4.09. The predicted molar refractivity (Wildman–Crippen MR) is 204 cm³/mol. The normalized spacial score (nSPS) is 14.5. The van der Waals surface area contributed by atoms with E-state index in [1.807, 2.05) is 36.5 Å². The maximum absolute atomic E-state index is 13.7. The number of carbonyl (C=O) groups excluding carboxylic acids is 3. The Morgan fingerprint density at radius 1 is 0.982 bits per heavy atom. The van der Waals surface area contributed by atoms with Crippen molar-refractivity contribution in [3.05, 3.63) is 112 Å². The third-order valence-electron chi connectivity index (χ3n) is 9.69. The van der Waals surface area contributed by atoms with E-state index in [-0.39, 0.29) is 42.3 Å². The molecule has 0 bridgehead atoms. The molecule has 14 heteroatoms. The minimum atomic E-state index is -4.76. The van der Waals surface area contributed by atoms with Crippen LogP contribution in [0.15, 0.2) is 83.9 Å². The Morgan fingerprint density at radius 2 is 1.79 bits per heavy atom. The van der Waals surface area contributed by atoms with Crippen molar-refractivity contribution in [1.29, 1.82) is 0 Å². The van der Waals surface area contributed by atoms with E-state index in [0.29, 0.717) is 11.3 Å². The van der Waals surface area contributed by atoms with E-state index in [2.05, 4.69) is 47.4 Å². The van der Waals surface area contributed by atoms with Gasteiger partial charge in [0.15, 0.2) is 6.10 Å². The Kier molecular flexibility index (Phi) is 9.94. The van der Waals surface area contributed by atoms with Gasteiger partial charge in [0.25, 0.3) is 11.8 Å². The van der Waals surface area contributed by atoms with E-state index in [9.17, 15) is 32.3 Å². The molecule has 1 unspecified atom stereocenters. The molecule has 3 aromatic carbocycles. The predicted octanol–water partition coefficient (Wildman–Crippen LogP) is 6.26. The summed E-state index contributed by atoms with van der Waals surface area (Å²) < 4.78 is 49.7. The molecule has 4 heterocycles. The largest absolute Gasteiger partial charge is 0.480 e. The Labute approximate surface area is 318 Å². The topological polar surface area (TPSA) is 137 Å². The van der Waals surface area contributed by atoms with Crippen molar-refractivity contribution in [2.45, 2.75) is 44.9 Å². The van der Waals surface area contributed by atoms with E-state index in [4.69, 9.17) is 9.72 Å². The molecule has 1 aliphatic rings. The molecule has 1 aliphatic heterocycles. The molecule has 1 saturated heterocycles. The number of piperidine rings is 1. The second kappa shape index (κ2) is 14.8. The lowest BCUT2D eigenvalue weighted by molar-refractivity contribution is -0.144. The van der Waals surface area contributed by atoms with E-state index in [0.717, 1.165) is 56.7 Å². The number of aromatic nitrogens is 4. The number of fused-ring (bicyclic) bond motifs is 2. The van der Waals surface area contributed by atoms with Crippen LogP contribution in [0.1, 0.15) is 59.8 Å². The maximum Gasteiger partial charge on any atom is 0.419 e. The summed E-state index contributed by atoms with van der Waals surface area (Å²) in [6, 6.07) is 18.5. The zero-order valence-corrected chi connectivity index (χ0v) is 30.7. The molecule has 0 radical (unpaired) electrons. The maximum atomic E-state index is 13.7. The second-order valence-electron chi connectivity index (χ2n) is 13.8. The van der Waals surface area contributed by atoms with Crippen molar-refractivity contribution < 1.29 is 32.3 Å². The van der Waals surface area contributed by atoms with Gasteiger partial charge in [0.2, 0.25) is 5.91 Å². The first-order valence-electron chi connectivity index (χ1n) is 17.7. The summed E-state index contributed by atoms with van der Waals surface area (Å²) in [7, 11) is 3.57. The number of ether oxygens (including phenoxy) is 1. The molecule has 284 valence electrons. The van der Waals surface area contributed by atoms with Crippen LogP contribution in [0, 0.1) is 11.8 Å². The second-order valence-corrected chi connectivity index (χ2v) is 13.8. The molecule has 11 nitrogen and oxygen atoms in total. The van der Waals surface area contributed by atoms with Crippen LogP contribution in [0.25, 0.3) is 44.2 Å². The van der Waals surface area contributed by atoms with Crippen LogP contribution in [0.4, 0.5) is 13.2 Å². The zero-order valence-electron chi connectivity index (χ0n) is 30.7. The van der Waals surface area contributed by atoms with E-state index < -0.39 is 41.3 Å². The van der Waals surface area contributed by atoms with Crippen LogP contribution < -0.4 is 21.1 Å². The molecule has 0 aliphatic carbocycles. The van der Waals surface area contributed by atoms with Crippen LogP contribution in [0.5, 0.6) is 5.75 Å². The van der Waals surface area contributed by atoms with E-state index >= 15 is 0 Å². The van der Waals surface area contributed by atoms with E-state index in [1.165, 1.54) is 0 Å². The summed E-state index contributed by atoms with van der Waals surface area (Å²) in [5, 5.41) is 6.56. The number of nitrogens with one attached hydrogen (secondary N) is 2. The van der Waals surface area contributed by atoms with Crippen molar-refractivity contribution in [3.8, 4) is 40.0 Å². The first-order chi connectivity index (χ1) is 26.7. The third-order valence-corrected chi connectivity index (χ3v) is 9.69. The van der Waals surface area contributed by atoms with Gasteiger partial charge in [-0.15, -0.1) is 0 Å². The average Bonchev–Trinajstić information content (AvgIpc) is 3.39. The number of hydrogen-bond donors (Lipinski definition) is 2. The standard InChI is InChI=1S/C42H35F3N6O5/c1-23(2)29-18-27(20-34-38(29)51(4)41(55)50(34)3)28-9-5-8-25-19-33(48-22-30(25)28)26-11-13-32(47-21-26)39(53)46-16-6-7-24-10-12-31(42(43,44)45)36(17-24)56-35-14-15-37(52)49-40(35)54/h5,8-13,17-23,35H,14-16H2,1-4H3,(H,46,53)(H,49,52,54). The summed E-state index contributed by atoms with van der Waals surface area (Å²) in [5.41, 5.74) is 5.27. The number of halogens is 3. The molecule has 1 atom stereocenters. The Balaban J connectivity index is 1.05. The number of imidazole rings is 1. The van der Waals surface area contributed by atoms with Gasteiger partial charge < -0.3 is 10.1 Å². The average molecular weight is 761 g/mol. The minimum Gasteiger partial charge on any atom is -0.480 e. The number of amides is 3. The van der Waals surface area contributed by atoms with Crippen molar-refractivity contribution in [2.75, 3.05) is 6.54 Å². The highest BCUT2D eigenvalue weighted by Gasteiger charge is 2.37. The SMILES string of the molecule is CC(C)c1cc(-c2cccc3cc(-c4ccc(C(=O)NCC#Cc5ccc(C(F)(F)F)c(OC6CCC(=O)NC6=O)c5)nc4)ncc23)cc2c1n(C)c(=O)n2C. The minimum absolute atomic E-state index is 0.0594. The lowest BCUT2D eigenvalue weighted by Crippen LogP contribution is -2.46. The van der Waals surface area contributed by atoms with Crippen LogP contribution in [0.2, 0.25) is 0 Å². The number of pyridine rings is 2. The summed E-state index contributed by atoms with van der Waals surface area (Å²) in [4.78, 5) is 58.2. The Hall–Kier alpha value is -6.75. The highest BCUT2D eigenvalue weighted by atomic mass is 19.4. The number of alkyl halides is 3. The molecular formula is C42H35F3N6O5. The van der Waals surface area contributed by atoms with Gasteiger partial charge >= 0.3 is 11.9 Å². The van der Waals surface area contributed by atoms with Crippen LogP contribution in [-0.2, 0) is 29.9 Å². The molecule has 0 saturated carbocycles. The smallest absolute Gasteiger partial charge is 0.419 e. The lowest BCUT2D eigenvalue weighted by Gasteiger charge is -2.23. The number of carbonyl (C=O) groups is 3. The number of rotatable bonds is 7. The fraction of sp³-hybridized carbons (Fsp3) is 0.238. The Bertz CT molecular complexity index is 2690. The lowest BCUT2D eigenvalue weighted by atomic mass is 9.93. The van der Waals surface area contributed by atoms with Crippen molar-refractivity contribution in [3.63, 3.8) is 0 Å². The monoisotopic (exact) mass is 760 g/mol. The highest BCUT2D eigenvalue weighted by molar-refractivity contribution is 6.01. The molecule has 2 N–H and O–H groups in total. The summed E-state index contributed by atoms with van der Waals surface area (Å²) >= 11 is 0. The van der Waals surface area contributed by atoms with Crippen molar-refractivity contribution >= 4 is 39.5 Å². The van der Waals surface area contributed by atoms with Gasteiger partial charge in [0, 0.05) is 55.8 Å². The fourth-order valence-corrected chi connectivity index (χ4v) is 6.77. The summed E-state index contributed by atoms with van der Waals surface area (Å²) in [5.74, 6) is 3.15. The number of imide groups is 1. The molecule has 0 spiro atoms. The van der Waals surface area contributed by atoms with E-state index in [1.54, 1.807) is 41.6 Å². The number of benzene rings is 3. The molecule has 3 amide bonds. The number of hydrogen-bond acceptors (Lipinski definition) is 7. The highest BCUT2D eigenvalue weighted by Crippen LogP contribution is 2.38. The first-order valence-corrected chi connectivity index (χ1v) is 17.7. The molecular weight excluding hydrogens is 725 g/mol. The zero-order chi connectivity index (χ0) is 39.9. The molecule has 7 rings (SSSR count). The van der Waals surface area contributed by atoms with Crippen molar-refractivity contribution in [1.82, 2.24) is 29.7 Å². The van der Waals surface area contributed by atoms with Crippen LogP contribution in [-0.4, -0.2) is 49.5 Å². The molecule has 6 aromatic rings. The van der Waals surface area contributed by atoms with Crippen LogP contribution in [0.3, 0.4) is 0 Å². The number of aryl methyl sites for hydroxylation is 2. The molecule has 1 fully saturated rings. The molecule has 3 aromatic heterocycles. The van der Waals surface area contributed by atoms with Gasteiger partial charge in [-0.05, 0) is 76.5 Å². The van der Waals surface area contributed by atoms with Gasteiger partial charge in [-0.2, -0.15) is 13.2 Å². The summed E-state index contributed by atoms with van der Waals surface area (Å²) in [6.07, 6.45) is -2.79.